The number of phosphoric ester groups is 3. The monoisotopic (exact) mass is 1130 g/mol. The van der Waals surface area contributed by atoms with Crippen LogP contribution in [0.4, 0.5) is 5.82 Å². The van der Waals surface area contributed by atoms with Crippen molar-refractivity contribution >= 4 is 69.1 Å². The van der Waals surface area contributed by atoms with Crippen molar-refractivity contribution < 1.29 is 85.6 Å². The number of ether oxygens (including phenoxy) is 1. The van der Waals surface area contributed by atoms with Gasteiger partial charge in [-0.05, 0) is 6.42 Å². The van der Waals surface area contributed by atoms with Crippen molar-refractivity contribution in [2.45, 2.75) is 199 Å². The fraction of sp³-hybridized carbons (Fsp3) is 0.822. The molecule has 0 spiro atoms. The van der Waals surface area contributed by atoms with Gasteiger partial charge in [-0.1, -0.05) is 155 Å². The third-order valence-electron chi connectivity index (χ3n) is 12.3. The molecule has 0 aromatic carbocycles. The number of aromatic nitrogens is 4. The summed E-state index contributed by atoms with van der Waals surface area (Å²) in [5.41, 5.74) is 4.26. The molecule has 1 aliphatic heterocycles. The van der Waals surface area contributed by atoms with E-state index in [1.165, 1.54) is 117 Å². The standard InChI is InChI=1S/C45H82N7O18P3S/c1-4-5-6-7-8-9-10-11-12-13-14-15-16-17-18-19-20-21-22-23-33(53)28-36(55)74-27-26-47-35(54)24-25-48-43(58)40(57)45(2,3)30-67-73(64,65)70-72(62,63)66-29-34-39(69-71(59,60)61)38(56)44(68-34)52-32-51-37-41(46)49-31-50-42(37)52/h31-34,38-40,44,53,56-57H,4-30H2,1-3H3,(H,47,54)(H,48,58)(H,62,63)(H,64,65)(H2,46,49,50)(H2,59,60,61)/t33-,34-,38-,39-,40+,44-/m1/s1. The van der Waals surface area contributed by atoms with E-state index in [9.17, 15) is 63.0 Å². The van der Waals surface area contributed by atoms with Gasteiger partial charge in [0.25, 0.3) is 0 Å². The van der Waals surface area contributed by atoms with Crippen LogP contribution >= 0.6 is 35.2 Å². The summed E-state index contributed by atoms with van der Waals surface area (Å²) < 4.78 is 62.5. The van der Waals surface area contributed by atoms with E-state index >= 15 is 0 Å². The molecule has 1 saturated heterocycles. The number of carbonyl (C=O) groups excluding carboxylic acids is 3. The number of anilines is 1. The first kappa shape index (κ1) is 65.8. The summed E-state index contributed by atoms with van der Waals surface area (Å²) in [4.78, 5) is 88.7. The number of phosphoric acid groups is 3. The van der Waals surface area contributed by atoms with Gasteiger partial charge in [-0.25, -0.2) is 28.6 Å². The molecule has 3 rings (SSSR count). The fourth-order valence-electron chi connectivity index (χ4n) is 8.11. The number of hydrogen-bond donors (Lipinski definition) is 10. The predicted octanol–water partition coefficient (Wildman–Crippen LogP) is 6.24. The molecular weight excluding hydrogens is 1050 g/mol. The SMILES string of the molecule is CCCCCCCCCCCCCCCCCCCCC[C@@H](O)CC(=O)SCCNC(=O)CCNC(=O)[C@H](O)C(C)(C)COP(=O)(O)OP(=O)(O)OC[C@H]1O[C@@H](n2cnc3c(N)ncnc32)[C@H](O)[C@@H]1OP(=O)(O)O. The smallest absolute Gasteiger partial charge is 0.393 e. The second kappa shape index (κ2) is 33.7. The Bertz CT molecular complexity index is 2140. The van der Waals surface area contributed by atoms with Crippen molar-refractivity contribution in [3.63, 3.8) is 0 Å². The number of carbonyl (C=O) groups is 3. The van der Waals surface area contributed by atoms with E-state index in [1.807, 2.05) is 0 Å². The predicted molar refractivity (Wildman–Crippen MR) is 276 cm³/mol. The van der Waals surface area contributed by atoms with Gasteiger partial charge in [0.1, 0.15) is 36.3 Å². The quantitative estimate of drug-likeness (QED) is 0.0260. The van der Waals surface area contributed by atoms with Crippen molar-refractivity contribution in [1.82, 2.24) is 30.2 Å². The maximum Gasteiger partial charge on any atom is 0.481 e. The van der Waals surface area contributed by atoms with Gasteiger partial charge in [0.15, 0.2) is 22.8 Å². The number of hydrogen-bond acceptors (Lipinski definition) is 19. The highest BCUT2D eigenvalue weighted by Gasteiger charge is 2.50. The van der Waals surface area contributed by atoms with Crippen LogP contribution in [0.3, 0.4) is 0 Å². The summed E-state index contributed by atoms with van der Waals surface area (Å²) in [5.74, 6) is -1.21. The minimum absolute atomic E-state index is 0.0273. The Morgan fingerprint density at radius 1 is 0.811 bits per heavy atom. The number of nitrogens with two attached hydrogens (primary N) is 1. The van der Waals surface area contributed by atoms with Crippen molar-refractivity contribution in [3.05, 3.63) is 12.7 Å². The number of aliphatic hydroxyl groups excluding tert-OH is 3. The average Bonchev–Trinajstić information content (AvgIpc) is 3.89. The Morgan fingerprint density at radius 2 is 1.36 bits per heavy atom. The lowest BCUT2D eigenvalue weighted by atomic mass is 9.87. The van der Waals surface area contributed by atoms with Gasteiger partial charge in [-0.2, -0.15) is 4.31 Å². The summed E-state index contributed by atoms with van der Waals surface area (Å²) >= 11 is 1.01. The van der Waals surface area contributed by atoms with Gasteiger partial charge in [0, 0.05) is 37.1 Å². The maximum atomic E-state index is 12.8. The third kappa shape index (κ3) is 25.8. The van der Waals surface area contributed by atoms with Crippen molar-refractivity contribution in [3.8, 4) is 0 Å². The Kier molecular flexibility index (Phi) is 30.0. The van der Waals surface area contributed by atoms with E-state index in [0.717, 1.165) is 48.2 Å². The molecule has 1 aliphatic rings. The van der Waals surface area contributed by atoms with Gasteiger partial charge in [-0.3, -0.25) is 32.5 Å². The van der Waals surface area contributed by atoms with Crippen molar-refractivity contribution in [1.29, 1.82) is 0 Å². The maximum absolute atomic E-state index is 12.8. The highest BCUT2D eigenvalue weighted by Crippen LogP contribution is 2.61. The molecule has 426 valence electrons. The number of fused-ring (bicyclic) bond motifs is 1. The molecule has 0 radical (unpaired) electrons. The second-order valence-corrected chi connectivity index (χ2v) is 24.7. The number of rotatable bonds is 41. The lowest BCUT2D eigenvalue weighted by Crippen LogP contribution is -2.46. The Balaban J connectivity index is 1.24. The number of unbranched alkanes of at least 4 members (excludes halogenated alkanes) is 18. The van der Waals surface area contributed by atoms with Crippen LogP contribution in [-0.4, -0.2) is 134 Å². The van der Waals surface area contributed by atoms with Crippen LogP contribution in [0.15, 0.2) is 12.7 Å². The largest absolute Gasteiger partial charge is 0.481 e. The molecule has 0 saturated carbocycles. The van der Waals surface area contributed by atoms with Gasteiger partial charge in [-0.15, -0.1) is 0 Å². The summed E-state index contributed by atoms with van der Waals surface area (Å²) in [7, 11) is -16.4. The van der Waals surface area contributed by atoms with E-state index in [0.29, 0.717) is 6.42 Å². The van der Waals surface area contributed by atoms with Crippen molar-refractivity contribution in [2.24, 2.45) is 5.41 Å². The fourth-order valence-corrected chi connectivity index (χ4v) is 11.7. The molecule has 3 heterocycles. The lowest BCUT2D eigenvalue weighted by Gasteiger charge is -2.30. The number of amides is 2. The second-order valence-electron chi connectivity index (χ2n) is 19.3. The van der Waals surface area contributed by atoms with Crippen LogP contribution in [-0.2, 0) is 50.7 Å². The molecule has 11 N–H and O–H groups in total. The first-order chi connectivity index (χ1) is 34.9. The van der Waals surface area contributed by atoms with Crippen LogP contribution in [0.2, 0.25) is 0 Å². The van der Waals surface area contributed by atoms with Crippen LogP contribution in [0.25, 0.3) is 11.2 Å². The zero-order valence-corrected chi connectivity index (χ0v) is 46.4. The Hall–Kier alpha value is -2.48. The van der Waals surface area contributed by atoms with E-state index in [4.69, 9.17) is 19.5 Å². The number of nitrogens with one attached hydrogen (secondary N) is 2. The zero-order valence-electron chi connectivity index (χ0n) is 42.9. The van der Waals surface area contributed by atoms with E-state index in [2.05, 4.69) is 41.3 Å². The third-order valence-corrected chi connectivity index (χ3v) is 16.3. The normalized spacial score (nSPS) is 19.8. The van der Waals surface area contributed by atoms with Gasteiger partial charge >= 0.3 is 23.5 Å². The first-order valence-corrected chi connectivity index (χ1v) is 31.2. The van der Waals surface area contributed by atoms with Gasteiger partial charge in [0.2, 0.25) is 11.8 Å². The number of aliphatic hydroxyl groups is 3. The molecule has 2 aromatic heterocycles. The summed E-state index contributed by atoms with van der Waals surface area (Å²) in [5, 5.41) is 36.7. The number of nitrogen functional groups attached to an aromatic ring is 1. The lowest BCUT2D eigenvalue weighted by molar-refractivity contribution is -0.137. The van der Waals surface area contributed by atoms with Crippen LogP contribution < -0.4 is 16.4 Å². The molecule has 2 unspecified atom stereocenters. The number of thioether (sulfide) groups is 1. The average molecular weight is 1130 g/mol. The molecule has 29 heteroatoms. The minimum atomic E-state index is -5.59. The minimum Gasteiger partial charge on any atom is -0.393 e. The van der Waals surface area contributed by atoms with Gasteiger partial charge < -0.3 is 56.0 Å². The Labute approximate surface area is 438 Å². The van der Waals surface area contributed by atoms with Crippen molar-refractivity contribution in [2.75, 3.05) is 37.8 Å². The summed E-state index contributed by atoms with van der Waals surface area (Å²) in [6.07, 6.45) is 17.3. The Morgan fingerprint density at radius 3 is 1.93 bits per heavy atom. The van der Waals surface area contributed by atoms with Crippen LogP contribution in [0, 0.1) is 5.41 Å². The molecule has 0 aliphatic carbocycles. The molecule has 25 nitrogen and oxygen atoms in total. The van der Waals surface area contributed by atoms with E-state index < -0.39 is 90.7 Å². The highest BCUT2D eigenvalue weighted by atomic mass is 32.2. The van der Waals surface area contributed by atoms with E-state index in [1.54, 1.807) is 0 Å². The van der Waals surface area contributed by atoms with E-state index in [-0.39, 0.29) is 53.8 Å². The topological polar surface area (TPSA) is 384 Å². The number of imidazole rings is 1. The molecule has 0 bridgehead atoms. The molecule has 2 aromatic rings. The molecule has 2 amide bonds. The molecular formula is C45H82N7O18P3S. The molecule has 74 heavy (non-hydrogen) atoms. The van der Waals surface area contributed by atoms with Gasteiger partial charge in [0.05, 0.1) is 25.6 Å². The van der Waals surface area contributed by atoms with Crippen LogP contribution in [0.5, 0.6) is 0 Å². The number of nitrogens with zero attached hydrogens (tertiary/aromatic N) is 4. The highest BCUT2D eigenvalue weighted by molar-refractivity contribution is 8.13. The first-order valence-electron chi connectivity index (χ1n) is 25.7. The zero-order chi connectivity index (χ0) is 54.8. The molecule has 1 fully saturated rings. The van der Waals surface area contributed by atoms with Crippen LogP contribution in [0.1, 0.15) is 168 Å². The summed E-state index contributed by atoms with van der Waals surface area (Å²) in [6, 6.07) is 0. The summed E-state index contributed by atoms with van der Waals surface area (Å²) in [6.45, 7) is 2.67. The molecule has 8 atom stereocenters.